The average molecular weight is 455 g/mol. The van der Waals surface area contributed by atoms with E-state index >= 15 is 0 Å². The monoisotopic (exact) mass is 455 g/mol. The highest BCUT2D eigenvalue weighted by atomic mass is 19.4. The van der Waals surface area contributed by atoms with Crippen LogP contribution in [0.3, 0.4) is 0 Å². The number of benzene rings is 3. The van der Waals surface area contributed by atoms with E-state index in [2.05, 4.69) is 0 Å². The van der Waals surface area contributed by atoms with E-state index < -0.39 is 41.0 Å². The molecule has 3 aromatic carbocycles. The van der Waals surface area contributed by atoms with Gasteiger partial charge in [-0.2, -0.15) is 13.2 Å². The molecule has 0 heterocycles. The summed E-state index contributed by atoms with van der Waals surface area (Å²) < 4.78 is 40.2. The molecule has 0 aliphatic carbocycles. The molecule has 0 aromatic heterocycles. The summed E-state index contributed by atoms with van der Waals surface area (Å²) in [6.07, 6.45) is -4.11. The molecule has 0 fully saturated rings. The number of carbonyl (C=O) groups is 1. The maximum atomic E-state index is 13.8. The summed E-state index contributed by atoms with van der Waals surface area (Å²) in [5.41, 5.74) is 0.420. The van der Waals surface area contributed by atoms with Gasteiger partial charge in [-0.3, -0.25) is 14.9 Å². The first-order valence-corrected chi connectivity index (χ1v) is 10.7. The van der Waals surface area contributed by atoms with E-state index in [0.29, 0.717) is 12.0 Å². The van der Waals surface area contributed by atoms with Gasteiger partial charge in [-0.05, 0) is 29.5 Å². The van der Waals surface area contributed by atoms with E-state index in [0.717, 1.165) is 17.7 Å². The van der Waals surface area contributed by atoms with Gasteiger partial charge < -0.3 is 0 Å². The van der Waals surface area contributed by atoms with E-state index in [1.165, 1.54) is 12.1 Å². The van der Waals surface area contributed by atoms with Gasteiger partial charge in [-0.25, -0.2) is 0 Å². The first-order chi connectivity index (χ1) is 15.7. The van der Waals surface area contributed by atoms with E-state index in [1.54, 1.807) is 30.3 Å². The fourth-order valence-electron chi connectivity index (χ4n) is 4.37. The lowest BCUT2D eigenvalue weighted by Gasteiger charge is -2.31. The van der Waals surface area contributed by atoms with Gasteiger partial charge >= 0.3 is 6.18 Å². The quantitative estimate of drug-likeness (QED) is 0.203. The second-order valence-electron chi connectivity index (χ2n) is 7.93. The van der Waals surface area contributed by atoms with Gasteiger partial charge in [0.25, 0.3) is 0 Å². The van der Waals surface area contributed by atoms with Crippen molar-refractivity contribution in [1.29, 1.82) is 0 Å². The molecule has 0 aliphatic rings. The van der Waals surface area contributed by atoms with Gasteiger partial charge in [0.05, 0.1) is 11.5 Å². The molecule has 0 unspecified atom stereocenters. The van der Waals surface area contributed by atoms with Crippen LogP contribution in [0.25, 0.3) is 0 Å². The lowest BCUT2D eigenvalue weighted by atomic mass is 9.70. The van der Waals surface area contributed by atoms with Gasteiger partial charge in [-0.15, -0.1) is 0 Å². The van der Waals surface area contributed by atoms with Crippen LogP contribution >= 0.6 is 0 Å². The average Bonchev–Trinajstić information content (AvgIpc) is 2.81. The maximum Gasteiger partial charge on any atom is 0.416 e. The highest BCUT2D eigenvalue weighted by Gasteiger charge is 2.40. The molecule has 4 nitrogen and oxygen atoms in total. The minimum Gasteiger partial charge on any atom is -0.294 e. The smallest absolute Gasteiger partial charge is 0.294 e. The fourth-order valence-corrected chi connectivity index (χ4v) is 4.37. The third-order valence-corrected chi connectivity index (χ3v) is 5.88. The van der Waals surface area contributed by atoms with E-state index in [1.807, 2.05) is 37.3 Å². The number of Topliss-reactive ketones (excluding diaryl/α,β-unsaturated/α-hetero) is 1. The Hall–Kier alpha value is -3.48. The van der Waals surface area contributed by atoms with Crippen LogP contribution in [-0.4, -0.2) is 17.3 Å². The number of nitrogens with zero attached hydrogens (tertiary/aromatic N) is 1. The van der Waals surface area contributed by atoms with E-state index in [4.69, 9.17) is 0 Å². The Morgan fingerprint density at radius 3 is 2.00 bits per heavy atom. The Kier molecular flexibility index (Phi) is 7.63. The topological polar surface area (TPSA) is 60.2 Å². The first kappa shape index (κ1) is 24.2. The Labute approximate surface area is 190 Å². The Morgan fingerprint density at radius 1 is 0.879 bits per heavy atom. The summed E-state index contributed by atoms with van der Waals surface area (Å²) in [5.74, 6) is -2.71. The zero-order chi connectivity index (χ0) is 24.0. The SMILES string of the molecule is CC[C@H](c1ccccc1)[C@H](C(=O)c1ccccc1)[C@@H](C[N+](=O)[O-])c1cccc(C(F)(F)F)c1. The molecule has 0 N–H and O–H groups in total. The number of halogens is 3. The molecule has 0 saturated heterocycles. The molecule has 33 heavy (non-hydrogen) atoms. The molecule has 172 valence electrons. The molecule has 0 radical (unpaired) electrons. The molecule has 0 spiro atoms. The summed E-state index contributed by atoms with van der Waals surface area (Å²) in [4.78, 5) is 24.8. The molecular formula is C26H24F3NO3. The van der Waals surface area contributed by atoms with Crippen molar-refractivity contribution in [2.75, 3.05) is 6.54 Å². The minimum absolute atomic E-state index is 0.130. The van der Waals surface area contributed by atoms with Gasteiger partial charge in [0.1, 0.15) is 0 Å². The number of nitro groups is 1. The number of alkyl halides is 3. The van der Waals surface area contributed by atoms with Crippen molar-refractivity contribution in [2.24, 2.45) is 5.92 Å². The van der Waals surface area contributed by atoms with Crippen molar-refractivity contribution >= 4 is 5.78 Å². The number of hydrogen-bond donors (Lipinski definition) is 0. The standard InChI is InChI=1S/C26H24F3NO3/c1-2-22(18-10-5-3-6-11-18)24(25(31)19-12-7-4-8-13-19)23(17-30(32)33)20-14-9-15-21(16-20)26(27,28)29/h3-16,22-24H,2,17H2,1H3/t22-,23+,24+/m1/s1. The minimum atomic E-state index is -4.60. The summed E-state index contributed by atoms with van der Waals surface area (Å²) >= 11 is 0. The van der Waals surface area contributed by atoms with E-state index in [9.17, 15) is 28.1 Å². The van der Waals surface area contributed by atoms with Crippen molar-refractivity contribution in [3.63, 3.8) is 0 Å². The summed E-state index contributed by atoms with van der Waals surface area (Å²) in [6.45, 7) is 1.21. The van der Waals surface area contributed by atoms with Crippen LogP contribution < -0.4 is 0 Å². The molecule has 3 atom stereocenters. The first-order valence-electron chi connectivity index (χ1n) is 10.7. The number of ketones is 1. The lowest BCUT2D eigenvalue weighted by Crippen LogP contribution is -2.33. The normalized spacial score (nSPS) is 14.3. The molecule has 3 rings (SSSR count). The molecule has 0 bridgehead atoms. The molecule has 0 aliphatic heterocycles. The van der Waals surface area contributed by atoms with E-state index in [-0.39, 0.29) is 11.3 Å². The number of rotatable bonds is 9. The predicted octanol–water partition coefficient (Wildman–Crippen LogP) is 6.76. The van der Waals surface area contributed by atoms with Crippen molar-refractivity contribution in [1.82, 2.24) is 0 Å². The van der Waals surface area contributed by atoms with Crippen LogP contribution in [0.1, 0.15) is 52.2 Å². The zero-order valence-electron chi connectivity index (χ0n) is 18.0. The summed E-state index contributed by atoms with van der Waals surface area (Å²) in [7, 11) is 0. The van der Waals surface area contributed by atoms with Crippen molar-refractivity contribution in [3.05, 3.63) is 117 Å². The third kappa shape index (κ3) is 5.86. The maximum absolute atomic E-state index is 13.8. The van der Waals surface area contributed by atoms with Crippen molar-refractivity contribution < 1.29 is 22.9 Å². The number of hydrogen-bond acceptors (Lipinski definition) is 3. The van der Waals surface area contributed by atoms with Gasteiger partial charge in [0.2, 0.25) is 6.54 Å². The zero-order valence-corrected chi connectivity index (χ0v) is 18.0. The summed E-state index contributed by atoms with van der Waals surface area (Å²) in [6, 6.07) is 22.1. The molecule has 3 aromatic rings. The van der Waals surface area contributed by atoms with Gasteiger partial charge in [0.15, 0.2) is 5.78 Å². The van der Waals surface area contributed by atoms with Crippen LogP contribution in [0.4, 0.5) is 13.2 Å². The number of carbonyl (C=O) groups excluding carboxylic acids is 1. The van der Waals surface area contributed by atoms with Crippen LogP contribution in [0, 0.1) is 16.0 Å². The van der Waals surface area contributed by atoms with Crippen LogP contribution in [-0.2, 0) is 6.18 Å². The summed E-state index contributed by atoms with van der Waals surface area (Å²) in [5, 5.41) is 11.6. The molecule has 0 saturated carbocycles. The van der Waals surface area contributed by atoms with Crippen LogP contribution in [0.15, 0.2) is 84.9 Å². The van der Waals surface area contributed by atoms with Crippen molar-refractivity contribution in [2.45, 2.75) is 31.4 Å². The Balaban J connectivity index is 2.20. The Bertz CT molecular complexity index is 1080. The van der Waals surface area contributed by atoms with Gasteiger partial charge in [0, 0.05) is 16.4 Å². The largest absolute Gasteiger partial charge is 0.416 e. The second-order valence-corrected chi connectivity index (χ2v) is 7.93. The highest BCUT2D eigenvalue weighted by Crippen LogP contribution is 2.42. The predicted molar refractivity (Wildman–Crippen MR) is 120 cm³/mol. The molecular weight excluding hydrogens is 431 g/mol. The van der Waals surface area contributed by atoms with Gasteiger partial charge in [-0.1, -0.05) is 85.8 Å². The fraction of sp³-hybridized carbons (Fsp3) is 0.269. The third-order valence-electron chi connectivity index (χ3n) is 5.88. The molecule has 7 heteroatoms. The second kappa shape index (κ2) is 10.4. The molecule has 0 amide bonds. The van der Waals surface area contributed by atoms with Crippen LogP contribution in [0.2, 0.25) is 0 Å². The lowest BCUT2D eigenvalue weighted by molar-refractivity contribution is -0.484. The van der Waals surface area contributed by atoms with Crippen LogP contribution in [0.5, 0.6) is 0 Å². The van der Waals surface area contributed by atoms with Crippen molar-refractivity contribution in [3.8, 4) is 0 Å². The Morgan fingerprint density at radius 2 is 1.45 bits per heavy atom. The highest BCUT2D eigenvalue weighted by molar-refractivity contribution is 5.99.